The summed E-state index contributed by atoms with van der Waals surface area (Å²) in [7, 11) is 0. The van der Waals surface area contributed by atoms with Gasteiger partial charge in [0.1, 0.15) is 5.75 Å². The fourth-order valence-electron chi connectivity index (χ4n) is 2.20. The molecule has 0 aliphatic carbocycles. The number of benzene rings is 3. The van der Waals surface area contributed by atoms with Crippen LogP contribution in [0.4, 0.5) is 5.69 Å². The van der Waals surface area contributed by atoms with Crippen LogP contribution in [0.1, 0.15) is 15.9 Å². The Morgan fingerprint density at radius 3 is 2.38 bits per heavy atom. The zero-order chi connectivity index (χ0) is 16.9. The molecule has 1 amide bonds. The molecule has 0 heterocycles. The molecule has 0 unspecified atom stereocenters. The van der Waals surface area contributed by atoms with Gasteiger partial charge in [-0.05, 0) is 49.4 Å². The lowest BCUT2D eigenvalue weighted by Gasteiger charge is -2.13. The molecule has 0 aliphatic heterocycles. The van der Waals surface area contributed by atoms with Crippen LogP contribution in [0.5, 0.6) is 11.5 Å². The molecule has 3 rings (SSSR count). The van der Waals surface area contributed by atoms with E-state index in [9.17, 15) is 4.79 Å². The van der Waals surface area contributed by atoms with Gasteiger partial charge < -0.3 is 10.1 Å². The van der Waals surface area contributed by atoms with Gasteiger partial charge in [0.05, 0.1) is 5.69 Å². The molecule has 120 valence electrons. The molecule has 0 bridgehead atoms. The van der Waals surface area contributed by atoms with Crippen LogP contribution in [0.2, 0.25) is 5.02 Å². The van der Waals surface area contributed by atoms with E-state index in [1.165, 1.54) is 0 Å². The van der Waals surface area contributed by atoms with Crippen LogP contribution in [-0.2, 0) is 0 Å². The normalized spacial score (nSPS) is 10.2. The Labute approximate surface area is 145 Å². The van der Waals surface area contributed by atoms with Crippen molar-refractivity contribution in [3.05, 3.63) is 88.9 Å². The van der Waals surface area contributed by atoms with Crippen LogP contribution >= 0.6 is 11.6 Å². The summed E-state index contributed by atoms with van der Waals surface area (Å²) in [4.78, 5) is 12.4. The molecule has 4 heteroatoms. The average molecular weight is 338 g/mol. The summed E-state index contributed by atoms with van der Waals surface area (Å²) >= 11 is 6.06. The van der Waals surface area contributed by atoms with Crippen molar-refractivity contribution in [1.29, 1.82) is 0 Å². The van der Waals surface area contributed by atoms with Gasteiger partial charge in [-0.2, -0.15) is 0 Å². The molecular formula is C20H16ClNO2. The summed E-state index contributed by atoms with van der Waals surface area (Å²) < 4.78 is 5.85. The van der Waals surface area contributed by atoms with Gasteiger partial charge in [0, 0.05) is 10.6 Å². The van der Waals surface area contributed by atoms with Gasteiger partial charge in [0.2, 0.25) is 0 Å². The summed E-state index contributed by atoms with van der Waals surface area (Å²) in [6.45, 7) is 1.98. The highest BCUT2D eigenvalue weighted by Gasteiger charge is 2.11. The van der Waals surface area contributed by atoms with Crippen LogP contribution in [0.25, 0.3) is 0 Å². The van der Waals surface area contributed by atoms with Gasteiger partial charge in [-0.1, -0.05) is 47.5 Å². The van der Waals surface area contributed by atoms with Crippen molar-refractivity contribution in [2.45, 2.75) is 6.92 Å². The van der Waals surface area contributed by atoms with Gasteiger partial charge in [0.25, 0.3) is 5.91 Å². The summed E-state index contributed by atoms with van der Waals surface area (Å²) in [5.74, 6) is 1.01. The highest BCUT2D eigenvalue weighted by Crippen LogP contribution is 2.32. The van der Waals surface area contributed by atoms with Gasteiger partial charge in [-0.15, -0.1) is 0 Å². The lowest BCUT2D eigenvalue weighted by atomic mass is 10.1. The summed E-state index contributed by atoms with van der Waals surface area (Å²) in [6, 6.07) is 21.9. The fraction of sp³-hybridized carbons (Fsp3) is 0.0500. The Balaban J connectivity index is 1.85. The van der Waals surface area contributed by atoms with Gasteiger partial charge in [-0.3, -0.25) is 4.79 Å². The Bertz CT molecular complexity index is 845. The second-order valence-electron chi connectivity index (χ2n) is 5.38. The number of halogens is 1. The summed E-state index contributed by atoms with van der Waals surface area (Å²) in [6.07, 6.45) is 0. The lowest BCUT2D eigenvalue weighted by Crippen LogP contribution is -2.12. The molecule has 0 spiro atoms. The lowest BCUT2D eigenvalue weighted by molar-refractivity contribution is 0.102. The second-order valence-corrected chi connectivity index (χ2v) is 5.81. The van der Waals surface area contributed by atoms with E-state index in [2.05, 4.69) is 5.32 Å². The number of carbonyl (C=O) groups is 1. The first-order chi connectivity index (χ1) is 11.6. The maximum Gasteiger partial charge on any atom is 0.255 e. The van der Waals surface area contributed by atoms with Crippen molar-refractivity contribution >= 4 is 23.2 Å². The average Bonchev–Trinajstić information content (AvgIpc) is 2.59. The van der Waals surface area contributed by atoms with E-state index in [0.717, 1.165) is 5.56 Å². The minimum Gasteiger partial charge on any atom is -0.455 e. The van der Waals surface area contributed by atoms with Gasteiger partial charge in [0.15, 0.2) is 5.75 Å². The number of aryl methyl sites for hydroxylation is 1. The number of hydrogen-bond acceptors (Lipinski definition) is 2. The Hall–Kier alpha value is -2.78. The molecule has 0 saturated heterocycles. The molecule has 0 atom stereocenters. The number of rotatable bonds is 4. The Kier molecular flexibility index (Phi) is 4.82. The first-order valence-electron chi connectivity index (χ1n) is 7.52. The van der Waals surface area contributed by atoms with E-state index in [1.54, 1.807) is 30.3 Å². The molecule has 3 aromatic rings. The van der Waals surface area contributed by atoms with Crippen LogP contribution in [0.3, 0.4) is 0 Å². The molecule has 0 aromatic heterocycles. The van der Waals surface area contributed by atoms with Crippen LogP contribution in [0, 0.1) is 6.92 Å². The van der Waals surface area contributed by atoms with E-state index < -0.39 is 0 Å². The zero-order valence-electron chi connectivity index (χ0n) is 13.1. The minimum absolute atomic E-state index is 0.213. The standard InChI is InChI=1S/C20H16ClNO2/c1-14-7-9-15(10-8-14)20(23)22-18-13-16(21)11-12-19(18)24-17-5-3-2-4-6-17/h2-13H,1H3,(H,22,23). The molecule has 0 fully saturated rings. The third-order valence-corrected chi connectivity index (χ3v) is 3.71. The molecule has 1 N–H and O–H groups in total. The molecule has 3 aromatic carbocycles. The zero-order valence-corrected chi connectivity index (χ0v) is 13.9. The number of amides is 1. The predicted octanol–water partition coefficient (Wildman–Crippen LogP) is 5.69. The number of hydrogen-bond donors (Lipinski definition) is 1. The first-order valence-corrected chi connectivity index (χ1v) is 7.90. The number of anilines is 1. The van der Waals surface area contributed by atoms with Crippen molar-refractivity contribution in [1.82, 2.24) is 0 Å². The Morgan fingerprint density at radius 2 is 1.67 bits per heavy atom. The van der Waals surface area contributed by atoms with Crippen LogP contribution < -0.4 is 10.1 Å². The Morgan fingerprint density at radius 1 is 0.958 bits per heavy atom. The molecular weight excluding hydrogens is 322 g/mol. The number of carbonyl (C=O) groups excluding carboxylic acids is 1. The quantitative estimate of drug-likeness (QED) is 0.663. The highest BCUT2D eigenvalue weighted by atomic mass is 35.5. The van der Waals surface area contributed by atoms with Crippen LogP contribution in [-0.4, -0.2) is 5.91 Å². The molecule has 0 aliphatic rings. The van der Waals surface area contributed by atoms with Crippen molar-refractivity contribution in [2.24, 2.45) is 0 Å². The summed E-state index contributed by atoms with van der Waals surface area (Å²) in [5, 5.41) is 3.38. The predicted molar refractivity (Wildman–Crippen MR) is 97.1 cm³/mol. The maximum absolute atomic E-state index is 12.4. The van der Waals surface area contributed by atoms with E-state index in [4.69, 9.17) is 16.3 Å². The van der Waals surface area contributed by atoms with E-state index in [-0.39, 0.29) is 5.91 Å². The largest absolute Gasteiger partial charge is 0.455 e. The van der Waals surface area contributed by atoms with Crippen molar-refractivity contribution < 1.29 is 9.53 Å². The number of ether oxygens (including phenoxy) is 1. The third-order valence-electron chi connectivity index (χ3n) is 3.47. The number of nitrogens with one attached hydrogen (secondary N) is 1. The van der Waals surface area contributed by atoms with E-state index >= 15 is 0 Å². The van der Waals surface area contributed by atoms with Gasteiger partial charge >= 0.3 is 0 Å². The van der Waals surface area contributed by atoms with E-state index in [0.29, 0.717) is 27.8 Å². The second kappa shape index (κ2) is 7.20. The SMILES string of the molecule is Cc1ccc(C(=O)Nc2cc(Cl)ccc2Oc2ccccc2)cc1. The third kappa shape index (κ3) is 3.94. The summed E-state index contributed by atoms with van der Waals surface area (Å²) in [5.41, 5.74) is 2.20. The molecule has 0 saturated carbocycles. The van der Waals surface area contributed by atoms with E-state index in [1.807, 2.05) is 49.4 Å². The smallest absolute Gasteiger partial charge is 0.255 e. The monoisotopic (exact) mass is 337 g/mol. The van der Waals surface area contributed by atoms with Crippen molar-refractivity contribution in [3.63, 3.8) is 0 Å². The number of para-hydroxylation sites is 1. The minimum atomic E-state index is -0.213. The molecule has 24 heavy (non-hydrogen) atoms. The fourth-order valence-corrected chi connectivity index (χ4v) is 2.38. The highest BCUT2D eigenvalue weighted by molar-refractivity contribution is 6.31. The molecule has 3 nitrogen and oxygen atoms in total. The first kappa shape index (κ1) is 16.1. The van der Waals surface area contributed by atoms with Crippen molar-refractivity contribution in [3.8, 4) is 11.5 Å². The van der Waals surface area contributed by atoms with Gasteiger partial charge in [-0.25, -0.2) is 0 Å². The van der Waals surface area contributed by atoms with Crippen molar-refractivity contribution in [2.75, 3.05) is 5.32 Å². The maximum atomic E-state index is 12.4. The topological polar surface area (TPSA) is 38.3 Å². The van der Waals surface area contributed by atoms with Crippen LogP contribution in [0.15, 0.2) is 72.8 Å². The molecule has 0 radical (unpaired) electrons.